The molecular formula is C24H26ClN3O4S. The molecule has 0 saturated carbocycles. The number of hydrogen-bond acceptors (Lipinski definition) is 6. The lowest BCUT2D eigenvalue weighted by Crippen LogP contribution is -2.35. The molecule has 2 aromatic carbocycles. The van der Waals surface area contributed by atoms with E-state index in [1.54, 1.807) is 6.07 Å². The molecule has 0 spiro atoms. The summed E-state index contributed by atoms with van der Waals surface area (Å²) in [6.07, 6.45) is 2.81. The molecule has 2 aliphatic rings. The lowest BCUT2D eigenvalue weighted by Gasteiger charge is -2.33. The molecule has 0 unspecified atom stereocenters. The maximum atomic E-state index is 12.8. The molecule has 0 atom stereocenters. The number of nitrogens with zero attached hydrogens (tertiary/aromatic N) is 3. The highest BCUT2D eigenvalue weighted by molar-refractivity contribution is 7.85. The summed E-state index contributed by atoms with van der Waals surface area (Å²) in [5, 5.41) is 0.838. The van der Waals surface area contributed by atoms with Crippen LogP contribution in [0.25, 0.3) is 16.6 Å². The van der Waals surface area contributed by atoms with Gasteiger partial charge in [0, 0.05) is 18.8 Å². The van der Waals surface area contributed by atoms with Crippen LogP contribution in [0.15, 0.2) is 41.2 Å². The van der Waals surface area contributed by atoms with E-state index >= 15 is 0 Å². The van der Waals surface area contributed by atoms with E-state index < -0.39 is 15.5 Å². The van der Waals surface area contributed by atoms with Gasteiger partial charge in [0.1, 0.15) is 5.82 Å². The normalized spacial score (nSPS) is 17.9. The van der Waals surface area contributed by atoms with Gasteiger partial charge in [0.05, 0.1) is 39.9 Å². The quantitative estimate of drug-likeness (QED) is 0.519. The van der Waals surface area contributed by atoms with Crippen molar-refractivity contribution in [3.63, 3.8) is 0 Å². The summed E-state index contributed by atoms with van der Waals surface area (Å²) in [5.74, 6) is 0.941. The SMILES string of the molecule is CC1(C)c2ccc(N3CCC(COS(C)(=O)=O)CC3)cc2-n2c1nc(=O)c1c(Cl)cccc12. The third-order valence-corrected chi connectivity index (χ3v) is 7.70. The van der Waals surface area contributed by atoms with Crippen molar-refractivity contribution in [2.45, 2.75) is 32.1 Å². The largest absolute Gasteiger partial charge is 0.371 e. The second-order valence-corrected chi connectivity index (χ2v) is 11.5. The van der Waals surface area contributed by atoms with Gasteiger partial charge in [-0.25, -0.2) is 0 Å². The van der Waals surface area contributed by atoms with Crippen molar-refractivity contribution in [2.75, 3.05) is 30.9 Å². The molecule has 2 aliphatic heterocycles. The Bertz CT molecular complexity index is 1420. The highest BCUT2D eigenvalue weighted by Gasteiger charge is 2.39. The average Bonchev–Trinajstić information content (AvgIpc) is 2.99. The minimum atomic E-state index is -3.41. The molecule has 5 rings (SSSR count). The zero-order valence-corrected chi connectivity index (χ0v) is 20.4. The van der Waals surface area contributed by atoms with Crippen LogP contribution in [0, 0.1) is 5.92 Å². The molecule has 0 amide bonds. The van der Waals surface area contributed by atoms with Crippen LogP contribution in [-0.4, -0.2) is 43.9 Å². The fraction of sp³-hybridized carbons (Fsp3) is 0.417. The van der Waals surface area contributed by atoms with Crippen LogP contribution in [0.3, 0.4) is 0 Å². The Morgan fingerprint density at radius 3 is 2.61 bits per heavy atom. The fourth-order valence-electron chi connectivity index (χ4n) is 5.02. The molecule has 33 heavy (non-hydrogen) atoms. The Morgan fingerprint density at radius 2 is 1.91 bits per heavy atom. The van der Waals surface area contributed by atoms with Crippen molar-refractivity contribution in [3.8, 4) is 5.69 Å². The van der Waals surface area contributed by atoms with Crippen molar-refractivity contribution in [3.05, 3.63) is 63.2 Å². The van der Waals surface area contributed by atoms with Crippen LogP contribution >= 0.6 is 11.6 Å². The minimum Gasteiger partial charge on any atom is -0.371 e. The van der Waals surface area contributed by atoms with Crippen molar-refractivity contribution in [2.24, 2.45) is 5.92 Å². The van der Waals surface area contributed by atoms with Gasteiger partial charge in [-0.1, -0.05) is 23.7 Å². The first-order valence-corrected chi connectivity index (χ1v) is 13.2. The molecule has 0 aliphatic carbocycles. The van der Waals surface area contributed by atoms with Gasteiger partial charge in [0.25, 0.3) is 15.7 Å². The van der Waals surface area contributed by atoms with Crippen LogP contribution in [0.5, 0.6) is 0 Å². The molecule has 0 bridgehead atoms. The van der Waals surface area contributed by atoms with Crippen LogP contribution < -0.4 is 10.5 Å². The van der Waals surface area contributed by atoms with E-state index in [1.165, 1.54) is 0 Å². The van der Waals surface area contributed by atoms with E-state index in [9.17, 15) is 13.2 Å². The lowest BCUT2D eigenvalue weighted by molar-refractivity contribution is 0.230. The standard InChI is InChI=1S/C24H26ClN3O4S/c1-24(2)17-8-7-16(27-11-9-15(10-12-27)14-32-33(3,30)31)13-20(17)28-19-6-4-5-18(25)21(19)22(29)26-23(24)28/h4-8,13,15H,9-12,14H2,1-3H3. The molecule has 1 saturated heterocycles. The summed E-state index contributed by atoms with van der Waals surface area (Å²) in [4.78, 5) is 19.6. The highest BCUT2D eigenvalue weighted by Crippen LogP contribution is 2.44. The molecule has 0 N–H and O–H groups in total. The molecule has 1 fully saturated rings. The molecule has 3 aromatic rings. The van der Waals surface area contributed by atoms with Gasteiger partial charge in [-0.3, -0.25) is 13.5 Å². The number of rotatable bonds is 4. The van der Waals surface area contributed by atoms with Gasteiger partial charge in [-0.2, -0.15) is 13.4 Å². The highest BCUT2D eigenvalue weighted by atomic mass is 35.5. The molecule has 174 valence electrons. The van der Waals surface area contributed by atoms with Gasteiger partial charge in [0.15, 0.2) is 0 Å². The number of anilines is 1. The third kappa shape index (κ3) is 3.84. The average molecular weight is 488 g/mol. The summed E-state index contributed by atoms with van der Waals surface area (Å²) in [6.45, 7) is 6.05. The third-order valence-electron chi connectivity index (χ3n) is 6.82. The number of benzene rings is 2. The maximum absolute atomic E-state index is 12.8. The Hall–Kier alpha value is -2.42. The van der Waals surface area contributed by atoms with Crippen molar-refractivity contribution in [1.29, 1.82) is 0 Å². The molecular weight excluding hydrogens is 462 g/mol. The van der Waals surface area contributed by atoms with Crippen LogP contribution in [0.2, 0.25) is 5.02 Å². The van der Waals surface area contributed by atoms with Crippen molar-refractivity contribution < 1.29 is 12.6 Å². The molecule has 1 aromatic heterocycles. The number of aromatic nitrogens is 2. The van der Waals surface area contributed by atoms with Gasteiger partial charge in [-0.15, -0.1) is 0 Å². The van der Waals surface area contributed by atoms with Crippen molar-refractivity contribution in [1.82, 2.24) is 9.55 Å². The number of halogens is 1. The summed E-state index contributed by atoms with van der Waals surface area (Å²) in [7, 11) is -3.41. The summed E-state index contributed by atoms with van der Waals surface area (Å²) >= 11 is 6.37. The second kappa shape index (κ2) is 7.82. The predicted octanol–water partition coefficient (Wildman–Crippen LogP) is 3.87. The molecule has 3 heterocycles. The van der Waals surface area contributed by atoms with E-state index in [0.29, 0.717) is 16.2 Å². The van der Waals surface area contributed by atoms with Gasteiger partial charge in [-0.05, 0) is 62.4 Å². The Morgan fingerprint density at radius 1 is 1.18 bits per heavy atom. The summed E-state index contributed by atoms with van der Waals surface area (Å²) < 4.78 is 29.6. The van der Waals surface area contributed by atoms with Gasteiger partial charge < -0.3 is 4.90 Å². The van der Waals surface area contributed by atoms with Crippen molar-refractivity contribution >= 4 is 38.3 Å². The predicted molar refractivity (Wildman–Crippen MR) is 130 cm³/mol. The Balaban J connectivity index is 1.51. The minimum absolute atomic E-state index is 0.227. The Labute approximate surface area is 198 Å². The van der Waals surface area contributed by atoms with Crippen LogP contribution in [0.1, 0.15) is 38.1 Å². The van der Waals surface area contributed by atoms with Gasteiger partial charge >= 0.3 is 0 Å². The second-order valence-electron chi connectivity index (χ2n) is 9.46. The van der Waals surface area contributed by atoms with E-state index in [-0.39, 0.29) is 18.1 Å². The summed E-state index contributed by atoms with van der Waals surface area (Å²) in [5.41, 5.74) is 3.25. The Kier molecular flexibility index (Phi) is 5.30. The zero-order chi connectivity index (χ0) is 23.5. The molecule has 0 radical (unpaired) electrons. The van der Waals surface area contributed by atoms with E-state index in [4.69, 9.17) is 15.8 Å². The fourth-order valence-corrected chi connectivity index (χ4v) is 5.71. The molecule has 9 heteroatoms. The topological polar surface area (TPSA) is 81.5 Å². The monoisotopic (exact) mass is 487 g/mol. The first-order valence-electron chi connectivity index (χ1n) is 11.0. The zero-order valence-electron chi connectivity index (χ0n) is 18.8. The molecule has 7 nitrogen and oxygen atoms in total. The first kappa shape index (κ1) is 22.4. The van der Waals surface area contributed by atoms with Crippen LogP contribution in [-0.2, 0) is 19.7 Å². The lowest BCUT2D eigenvalue weighted by atomic mass is 9.85. The van der Waals surface area contributed by atoms with Crippen LogP contribution in [0.4, 0.5) is 5.69 Å². The maximum Gasteiger partial charge on any atom is 0.282 e. The smallest absolute Gasteiger partial charge is 0.282 e. The summed E-state index contributed by atoms with van der Waals surface area (Å²) in [6, 6.07) is 11.9. The van der Waals surface area contributed by atoms with E-state index in [1.807, 2.05) is 12.1 Å². The number of fused-ring (bicyclic) bond motifs is 5. The van der Waals surface area contributed by atoms with Gasteiger partial charge in [0.2, 0.25) is 0 Å². The first-order chi connectivity index (χ1) is 15.6. The van der Waals surface area contributed by atoms with E-state index in [0.717, 1.165) is 54.6 Å². The van der Waals surface area contributed by atoms with E-state index in [2.05, 4.69) is 46.5 Å². The number of piperidine rings is 1. The number of hydrogen-bond donors (Lipinski definition) is 0.